The molecule has 10 aromatic carbocycles. The lowest BCUT2D eigenvalue weighted by Crippen LogP contribution is -2.04. The van der Waals surface area contributed by atoms with Gasteiger partial charge < -0.3 is 8.98 Å². The van der Waals surface area contributed by atoms with E-state index in [4.69, 9.17) is 14.4 Å². The molecular formula is C60H36N4O. The summed E-state index contributed by atoms with van der Waals surface area (Å²) in [7, 11) is 0. The number of aromatic nitrogens is 4. The zero-order valence-electron chi connectivity index (χ0n) is 35.0. The molecule has 14 rings (SSSR count). The van der Waals surface area contributed by atoms with Gasteiger partial charge in [-0.3, -0.25) is 4.57 Å². The Labute approximate surface area is 372 Å². The van der Waals surface area contributed by atoms with Gasteiger partial charge in [0.05, 0.1) is 39.1 Å². The van der Waals surface area contributed by atoms with Crippen LogP contribution in [-0.4, -0.2) is 19.1 Å². The zero-order chi connectivity index (χ0) is 42.6. The summed E-state index contributed by atoms with van der Waals surface area (Å²) in [6.45, 7) is 0. The number of nitrogens with zero attached hydrogens (tertiary/aromatic N) is 4. The van der Waals surface area contributed by atoms with Crippen LogP contribution in [0.3, 0.4) is 0 Å². The lowest BCUT2D eigenvalue weighted by atomic mass is 9.99. The largest absolute Gasteiger partial charge is 0.454 e. The summed E-state index contributed by atoms with van der Waals surface area (Å²) in [5.41, 5.74) is 13.4. The van der Waals surface area contributed by atoms with Crippen LogP contribution in [0.5, 0.6) is 0 Å². The Balaban J connectivity index is 0.965. The first kappa shape index (κ1) is 35.8. The molecule has 0 aliphatic heterocycles. The molecule has 5 heteroatoms. The van der Waals surface area contributed by atoms with Gasteiger partial charge in [-0.15, -0.1) is 0 Å². The van der Waals surface area contributed by atoms with Crippen molar-refractivity contribution >= 4 is 87.1 Å². The van der Waals surface area contributed by atoms with Gasteiger partial charge in [-0.1, -0.05) is 164 Å². The number of rotatable bonds is 5. The van der Waals surface area contributed by atoms with Gasteiger partial charge in [0.2, 0.25) is 5.95 Å². The van der Waals surface area contributed by atoms with E-state index in [2.05, 4.69) is 215 Å². The van der Waals surface area contributed by atoms with Gasteiger partial charge in [0.15, 0.2) is 5.58 Å². The Morgan fingerprint density at radius 2 is 0.785 bits per heavy atom. The average molecular weight is 829 g/mol. The molecule has 0 fully saturated rings. The highest BCUT2D eigenvalue weighted by atomic mass is 16.3. The molecular weight excluding hydrogens is 793 g/mol. The molecule has 0 N–H and O–H groups in total. The maximum atomic E-state index is 6.57. The molecule has 0 unspecified atom stereocenters. The molecule has 302 valence electrons. The van der Waals surface area contributed by atoms with Crippen LogP contribution in [0.1, 0.15) is 0 Å². The van der Waals surface area contributed by atoms with Crippen molar-refractivity contribution in [3.05, 3.63) is 218 Å². The Morgan fingerprint density at radius 1 is 0.323 bits per heavy atom. The van der Waals surface area contributed by atoms with Crippen molar-refractivity contribution < 1.29 is 4.42 Å². The lowest BCUT2D eigenvalue weighted by Gasteiger charge is -2.14. The van der Waals surface area contributed by atoms with Crippen LogP contribution in [0.4, 0.5) is 0 Å². The SMILES string of the molecule is c1ccc2c(-c3cc(-c4cccc5ccccc45)nc(-n4c5ccccc5c5cc(-c6ccc7c(c6)c6ccccc6n7-c6cccc7c6oc6ccccc67)ccc54)n3)cccc2c1. The highest BCUT2D eigenvalue weighted by Crippen LogP contribution is 2.41. The lowest BCUT2D eigenvalue weighted by molar-refractivity contribution is 0.666. The summed E-state index contributed by atoms with van der Waals surface area (Å²) in [6.07, 6.45) is 0. The van der Waals surface area contributed by atoms with Crippen molar-refractivity contribution in [1.82, 2.24) is 19.1 Å². The fourth-order valence-corrected chi connectivity index (χ4v) is 10.4. The second-order valence-corrected chi connectivity index (χ2v) is 16.9. The summed E-state index contributed by atoms with van der Waals surface area (Å²) in [5, 5.41) is 11.6. The minimum atomic E-state index is 0.631. The van der Waals surface area contributed by atoms with Crippen LogP contribution in [0.15, 0.2) is 223 Å². The fraction of sp³-hybridized carbons (Fsp3) is 0. The van der Waals surface area contributed by atoms with Gasteiger partial charge in [-0.05, 0) is 87.3 Å². The molecule has 0 saturated carbocycles. The Bertz CT molecular complexity index is 4160. The molecule has 5 nitrogen and oxygen atoms in total. The molecule has 4 aromatic heterocycles. The highest BCUT2D eigenvalue weighted by molar-refractivity contribution is 6.14. The monoisotopic (exact) mass is 828 g/mol. The maximum absolute atomic E-state index is 6.57. The molecule has 0 saturated heterocycles. The third kappa shape index (κ3) is 5.39. The number of benzene rings is 10. The van der Waals surface area contributed by atoms with E-state index in [0.29, 0.717) is 5.95 Å². The highest BCUT2D eigenvalue weighted by Gasteiger charge is 2.21. The first-order valence-corrected chi connectivity index (χ1v) is 22.1. The number of fused-ring (bicyclic) bond motifs is 11. The van der Waals surface area contributed by atoms with Gasteiger partial charge in [-0.25, -0.2) is 9.97 Å². The fourth-order valence-electron chi connectivity index (χ4n) is 10.4. The van der Waals surface area contributed by atoms with Gasteiger partial charge >= 0.3 is 0 Å². The molecule has 4 heterocycles. The van der Waals surface area contributed by atoms with Crippen molar-refractivity contribution in [2.45, 2.75) is 0 Å². The first-order chi connectivity index (χ1) is 32.2. The summed E-state index contributed by atoms with van der Waals surface area (Å²) < 4.78 is 11.2. The van der Waals surface area contributed by atoms with Gasteiger partial charge in [0.1, 0.15) is 5.58 Å². The van der Waals surface area contributed by atoms with E-state index in [-0.39, 0.29) is 0 Å². The van der Waals surface area contributed by atoms with Crippen LogP contribution < -0.4 is 0 Å². The van der Waals surface area contributed by atoms with Crippen molar-refractivity contribution in [3.8, 4) is 45.3 Å². The van der Waals surface area contributed by atoms with Crippen LogP contribution in [0.25, 0.3) is 132 Å². The summed E-state index contributed by atoms with van der Waals surface area (Å²) in [6, 6.07) is 77.9. The minimum Gasteiger partial charge on any atom is -0.454 e. The van der Waals surface area contributed by atoms with Crippen molar-refractivity contribution in [3.63, 3.8) is 0 Å². The molecule has 0 amide bonds. The quantitative estimate of drug-likeness (QED) is 0.174. The predicted octanol–water partition coefficient (Wildman–Crippen LogP) is 15.9. The van der Waals surface area contributed by atoms with Gasteiger partial charge in [0.25, 0.3) is 0 Å². The van der Waals surface area contributed by atoms with Crippen molar-refractivity contribution in [1.29, 1.82) is 0 Å². The average Bonchev–Trinajstić information content (AvgIpc) is 4.03. The molecule has 0 spiro atoms. The van der Waals surface area contributed by atoms with Gasteiger partial charge in [-0.2, -0.15) is 0 Å². The summed E-state index contributed by atoms with van der Waals surface area (Å²) in [4.78, 5) is 10.9. The van der Waals surface area contributed by atoms with E-state index in [0.717, 1.165) is 105 Å². The van der Waals surface area contributed by atoms with E-state index in [1.807, 2.05) is 12.1 Å². The molecule has 65 heavy (non-hydrogen) atoms. The molecule has 0 radical (unpaired) electrons. The van der Waals surface area contributed by atoms with E-state index >= 15 is 0 Å². The van der Waals surface area contributed by atoms with E-state index in [9.17, 15) is 0 Å². The Kier molecular flexibility index (Phi) is 7.62. The summed E-state index contributed by atoms with van der Waals surface area (Å²) >= 11 is 0. The standard InChI is InChI=1S/C60H36N4O/c1-3-18-41-37(14-1)16-11-23-43(41)51-36-52(44-24-12-17-38-15-2-4-19-42(38)44)62-60(61-51)64-54-27-9-6-21-46(54)50-35-40(31-33-56(50)64)39-30-32-55-49(34-39)45-20-5-8-26-53(45)63(55)57-28-13-25-48-47-22-7-10-29-58(47)65-59(48)57/h1-36H. The summed E-state index contributed by atoms with van der Waals surface area (Å²) in [5.74, 6) is 0.631. The molecule has 0 aliphatic rings. The second kappa shape index (κ2) is 13.9. The second-order valence-electron chi connectivity index (χ2n) is 16.9. The first-order valence-electron chi connectivity index (χ1n) is 22.1. The maximum Gasteiger partial charge on any atom is 0.235 e. The van der Waals surface area contributed by atoms with Crippen molar-refractivity contribution in [2.75, 3.05) is 0 Å². The number of hydrogen-bond acceptors (Lipinski definition) is 3. The van der Waals surface area contributed by atoms with Crippen LogP contribution in [0.2, 0.25) is 0 Å². The number of para-hydroxylation sites is 4. The molecule has 0 aliphatic carbocycles. The third-order valence-electron chi connectivity index (χ3n) is 13.3. The zero-order valence-corrected chi connectivity index (χ0v) is 35.0. The predicted molar refractivity (Wildman–Crippen MR) is 269 cm³/mol. The number of furan rings is 1. The molecule has 0 atom stereocenters. The van der Waals surface area contributed by atoms with Crippen LogP contribution >= 0.6 is 0 Å². The van der Waals surface area contributed by atoms with Crippen molar-refractivity contribution in [2.24, 2.45) is 0 Å². The van der Waals surface area contributed by atoms with E-state index in [1.54, 1.807) is 0 Å². The minimum absolute atomic E-state index is 0.631. The molecule has 14 aromatic rings. The van der Waals surface area contributed by atoms with Gasteiger partial charge in [0, 0.05) is 43.4 Å². The topological polar surface area (TPSA) is 48.8 Å². The smallest absolute Gasteiger partial charge is 0.235 e. The Hall–Kier alpha value is -8.80. The Morgan fingerprint density at radius 3 is 1.42 bits per heavy atom. The molecule has 0 bridgehead atoms. The van der Waals surface area contributed by atoms with E-state index in [1.165, 1.54) is 21.5 Å². The number of hydrogen-bond donors (Lipinski definition) is 0. The third-order valence-corrected chi connectivity index (χ3v) is 13.3. The van der Waals surface area contributed by atoms with Crippen LogP contribution in [0, 0.1) is 0 Å². The van der Waals surface area contributed by atoms with E-state index < -0.39 is 0 Å². The van der Waals surface area contributed by atoms with Crippen LogP contribution in [-0.2, 0) is 0 Å². The normalized spacial score (nSPS) is 12.0.